The van der Waals surface area contributed by atoms with Crippen LogP contribution >= 0.6 is 34.4 Å². The molecule has 1 fully saturated rings. The Labute approximate surface area is 146 Å². The highest BCUT2D eigenvalue weighted by molar-refractivity contribution is 8.01. The maximum atomic E-state index is 11.8. The van der Waals surface area contributed by atoms with Crippen LogP contribution in [0.2, 0.25) is 0 Å². The highest BCUT2D eigenvalue weighted by Crippen LogP contribution is 2.25. The summed E-state index contributed by atoms with van der Waals surface area (Å²) in [6.45, 7) is 4.63. The lowest BCUT2D eigenvalue weighted by molar-refractivity contribution is 0.0410. The molecule has 1 aliphatic rings. The van der Waals surface area contributed by atoms with E-state index in [0.717, 1.165) is 47.9 Å². The van der Waals surface area contributed by atoms with Crippen LogP contribution < -0.4 is 10.6 Å². The van der Waals surface area contributed by atoms with Crippen LogP contribution in [0.5, 0.6) is 0 Å². The van der Waals surface area contributed by atoms with Gasteiger partial charge in [0, 0.05) is 25.4 Å². The molecule has 0 atom stereocenters. The summed E-state index contributed by atoms with van der Waals surface area (Å²) in [5, 5.41) is 16.8. The van der Waals surface area contributed by atoms with E-state index in [9.17, 15) is 4.79 Å². The van der Waals surface area contributed by atoms with Gasteiger partial charge < -0.3 is 4.74 Å². The molecule has 0 aliphatic carbocycles. The summed E-state index contributed by atoms with van der Waals surface area (Å²) in [6.07, 6.45) is 0. The monoisotopic (exact) mass is 371 g/mol. The molecule has 2 aromatic rings. The van der Waals surface area contributed by atoms with Crippen LogP contribution in [0.4, 0.5) is 14.9 Å². The number of thioether (sulfide) groups is 1. The number of nitrogens with one attached hydrogen (secondary N) is 2. The molecule has 0 aromatic carbocycles. The normalized spacial score (nSPS) is 15.5. The number of rotatable bonds is 6. The molecular formula is C13H17N5O2S3. The molecule has 0 unspecified atom stereocenters. The summed E-state index contributed by atoms with van der Waals surface area (Å²) < 4.78 is 6.19. The van der Waals surface area contributed by atoms with Crippen molar-refractivity contribution in [3.8, 4) is 0 Å². The van der Waals surface area contributed by atoms with Gasteiger partial charge in [0.05, 0.1) is 18.2 Å². The van der Waals surface area contributed by atoms with Gasteiger partial charge in [-0.3, -0.25) is 15.5 Å². The smallest absolute Gasteiger partial charge is 0.326 e. The van der Waals surface area contributed by atoms with E-state index in [1.807, 2.05) is 17.5 Å². The summed E-state index contributed by atoms with van der Waals surface area (Å²) >= 11 is 4.52. The average Bonchev–Trinajstić information content (AvgIpc) is 3.20. The van der Waals surface area contributed by atoms with Crippen LogP contribution in [-0.2, 0) is 4.74 Å². The predicted octanol–water partition coefficient (Wildman–Crippen LogP) is 2.67. The average molecular weight is 372 g/mol. The van der Waals surface area contributed by atoms with Crippen LogP contribution in [0.1, 0.15) is 0 Å². The topological polar surface area (TPSA) is 79.4 Å². The van der Waals surface area contributed by atoms with E-state index in [4.69, 9.17) is 4.74 Å². The number of anilines is 2. The summed E-state index contributed by atoms with van der Waals surface area (Å²) in [7, 11) is 0. The van der Waals surface area contributed by atoms with Crippen molar-refractivity contribution in [3.05, 3.63) is 17.5 Å². The third-order valence-corrected chi connectivity index (χ3v) is 5.86. The molecule has 0 bridgehead atoms. The Bertz CT molecular complexity index is 613. The van der Waals surface area contributed by atoms with E-state index in [0.29, 0.717) is 5.13 Å². The minimum absolute atomic E-state index is 0.298. The Hall–Kier alpha value is -1.20. The summed E-state index contributed by atoms with van der Waals surface area (Å²) in [5.41, 5.74) is 0. The second kappa shape index (κ2) is 8.60. The van der Waals surface area contributed by atoms with E-state index in [2.05, 4.69) is 25.7 Å². The third kappa shape index (κ3) is 5.43. The summed E-state index contributed by atoms with van der Waals surface area (Å²) in [4.78, 5) is 14.2. The molecule has 10 heteroatoms. The number of amides is 2. The van der Waals surface area contributed by atoms with Gasteiger partial charge in [-0.25, -0.2) is 4.79 Å². The lowest BCUT2D eigenvalue weighted by Crippen LogP contribution is -2.37. The standard InChI is InChI=1S/C13H17N5O2S3/c19-11(14-10-2-1-8-21-10)15-12-16-17-13(23-12)22-9-5-18-3-6-20-7-4-18/h1-2,8H,3-7,9H2,(H2,14,15,16,19). The maximum absolute atomic E-state index is 11.8. The van der Waals surface area contributed by atoms with Crippen molar-refractivity contribution in [3.63, 3.8) is 0 Å². The van der Waals surface area contributed by atoms with Crippen molar-refractivity contribution in [1.82, 2.24) is 15.1 Å². The van der Waals surface area contributed by atoms with Gasteiger partial charge in [0.15, 0.2) is 4.34 Å². The molecule has 1 saturated heterocycles. The van der Waals surface area contributed by atoms with Crippen LogP contribution in [0.3, 0.4) is 0 Å². The van der Waals surface area contributed by atoms with Crippen molar-refractivity contribution < 1.29 is 9.53 Å². The largest absolute Gasteiger partial charge is 0.379 e. The van der Waals surface area contributed by atoms with Gasteiger partial charge in [-0.15, -0.1) is 21.5 Å². The fourth-order valence-corrected chi connectivity index (χ4v) is 4.43. The first-order valence-electron chi connectivity index (χ1n) is 7.17. The molecule has 0 radical (unpaired) electrons. The number of hydrogen-bond acceptors (Lipinski definition) is 8. The van der Waals surface area contributed by atoms with E-state index in [1.54, 1.807) is 11.8 Å². The van der Waals surface area contributed by atoms with Crippen molar-refractivity contribution in [2.75, 3.05) is 49.2 Å². The first-order valence-corrected chi connectivity index (χ1v) is 9.86. The second-order valence-corrected chi connectivity index (χ2v) is 8.00. The van der Waals surface area contributed by atoms with E-state index in [-0.39, 0.29) is 6.03 Å². The molecule has 2 N–H and O–H groups in total. The molecule has 2 amide bonds. The minimum Gasteiger partial charge on any atom is -0.379 e. The molecule has 23 heavy (non-hydrogen) atoms. The Morgan fingerprint density at radius 3 is 3.00 bits per heavy atom. The number of ether oxygens (including phenoxy) is 1. The third-order valence-electron chi connectivity index (χ3n) is 3.12. The number of hydrogen-bond donors (Lipinski definition) is 2. The van der Waals surface area contributed by atoms with E-state index in [1.165, 1.54) is 22.7 Å². The minimum atomic E-state index is -0.298. The Balaban J connectivity index is 1.39. The fraction of sp³-hybridized carbons (Fsp3) is 0.462. The first kappa shape index (κ1) is 16.7. The summed E-state index contributed by atoms with van der Waals surface area (Å²) in [5.74, 6) is 0.954. The van der Waals surface area contributed by atoms with Crippen molar-refractivity contribution >= 4 is 50.6 Å². The SMILES string of the molecule is O=C(Nc1cccs1)Nc1nnc(SCCN2CCOCC2)s1. The molecule has 7 nitrogen and oxygen atoms in total. The molecule has 0 saturated carbocycles. The number of urea groups is 1. The highest BCUT2D eigenvalue weighted by atomic mass is 32.2. The van der Waals surface area contributed by atoms with Crippen molar-refractivity contribution in [2.45, 2.75) is 4.34 Å². The Kier molecular flexibility index (Phi) is 6.22. The molecule has 2 aromatic heterocycles. The number of morpholine rings is 1. The zero-order chi connectivity index (χ0) is 15.9. The van der Waals surface area contributed by atoms with Gasteiger partial charge in [0.1, 0.15) is 0 Å². The molecule has 3 heterocycles. The van der Waals surface area contributed by atoms with Gasteiger partial charge >= 0.3 is 6.03 Å². The molecule has 124 valence electrons. The van der Waals surface area contributed by atoms with Gasteiger partial charge in [-0.1, -0.05) is 23.1 Å². The van der Waals surface area contributed by atoms with Gasteiger partial charge in [0.25, 0.3) is 0 Å². The lowest BCUT2D eigenvalue weighted by Gasteiger charge is -2.25. The lowest BCUT2D eigenvalue weighted by atomic mass is 10.4. The maximum Gasteiger partial charge on any atom is 0.326 e. The quantitative estimate of drug-likeness (QED) is 0.600. The van der Waals surface area contributed by atoms with E-state index >= 15 is 0 Å². The second-order valence-electron chi connectivity index (χ2n) is 4.73. The number of aromatic nitrogens is 2. The number of nitrogens with zero attached hydrogens (tertiary/aromatic N) is 3. The van der Waals surface area contributed by atoms with Gasteiger partial charge in [-0.2, -0.15) is 0 Å². The van der Waals surface area contributed by atoms with Crippen molar-refractivity contribution in [1.29, 1.82) is 0 Å². The predicted molar refractivity (Wildman–Crippen MR) is 94.9 cm³/mol. The van der Waals surface area contributed by atoms with Gasteiger partial charge in [0.2, 0.25) is 5.13 Å². The number of thiophene rings is 1. The van der Waals surface area contributed by atoms with Gasteiger partial charge in [-0.05, 0) is 17.5 Å². The van der Waals surface area contributed by atoms with E-state index < -0.39 is 0 Å². The summed E-state index contributed by atoms with van der Waals surface area (Å²) in [6, 6.07) is 3.43. The van der Waals surface area contributed by atoms with Crippen LogP contribution in [0.15, 0.2) is 21.9 Å². The molecule has 0 spiro atoms. The molecular weight excluding hydrogens is 354 g/mol. The van der Waals surface area contributed by atoms with Crippen molar-refractivity contribution in [2.24, 2.45) is 0 Å². The van der Waals surface area contributed by atoms with Crippen LogP contribution in [0.25, 0.3) is 0 Å². The molecule has 3 rings (SSSR count). The Morgan fingerprint density at radius 2 is 2.22 bits per heavy atom. The molecule has 1 aliphatic heterocycles. The zero-order valence-electron chi connectivity index (χ0n) is 12.4. The Morgan fingerprint density at radius 1 is 1.35 bits per heavy atom. The number of carbonyl (C=O) groups is 1. The zero-order valence-corrected chi connectivity index (χ0v) is 14.8. The van der Waals surface area contributed by atoms with Crippen LogP contribution in [-0.4, -0.2) is 59.7 Å². The highest BCUT2D eigenvalue weighted by Gasteiger charge is 2.12. The van der Waals surface area contributed by atoms with Crippen LogP contribution in [0, 0.1) is 0 Å². The first-order chi connectivity index (χ1) is 11.3. The number of carbonyl (C=O) groups excluding carboxylic acids is 1. The fourth-order valence-electron chi connectivity index (χ4n) is 2.00.